The molecule has 0 saturated heterocycles. The molecule has 2 N–H and O–H groups in total. The second-order valence-corrected chi connectivity index (χ2v) is 13.3. The predicted octanol–water partition coefficient (Wildman–Crippen LogP) is 4.47. The van der Waals surface area contributed by atoms with Crippen LogP contribution in [0.4, 0.5) is 27.5 Å². The van der Waals surface area contributed by atoms with Crippen LogP contribution < -0.4 is 19.8 Å². The summed E-state index contributed by atoms with van der Waals surface area (Å²) in [5.41, 5.74) is 2.46. The summed E-state index contributed by atoms with van der Waals surface area (Å²) >= 11 is 0. The van der Waals surface area contributed by atoms with Crippen molar-refractivity contribution in [1.82, 2.24) is 5.32 Å². The molecule has 1 unspecified atom stereocenters. The van der Waals surface area contributed by atoms with Crippen LogP contribution >= 0.6 is 0 Å². The van der Waals surface area contributed by atoms with Crippen LogP contribution in [-0.2, 0) is 47.0 Å². The first-order valence-electron chi connectivity index (χ1n) is 14.1. The van der Waals surface area contributed by atoms with E-state index in [1.165, 1.54) is 16.9 Å². The van der Waals surface area contributed by atoms with E-state index in [0.717, 1.165) is 11.8 Å². The third kappa shape index (κ3) is 8.60. The number of amides is 3. The number of rotatable bonds is 9. The molecule has 0 aromatic heterocycles. The van der Waals surface area contributed by atoms with Crippen LogP contribution in [-0.4, -0.2) is 51.3 Å². The maximum atomic E-state index is 14.1. The predicted molar refractivity (Wildman–Crippen MR) is 169 cm³/mol. The van der Waals surface area contributed by atoms with Crippen LogP contribution in [0.2, 0.25) is 0 Å². The Morgan fingerprint density at radius 3 is 2.04 bits per heavy atom. The maximum absolute atomic E-state index is 14.1. The number of nitrogens with one attached hydrogen (secondary N) is 2. The quantitative estimate of drug-likeness (QED) is 0.258. The molecule has 0 fully saturated rings. The number of methoxy groups -OCH3 is 1. The Morgan fingerprint density at radius 1 is 0.867 bits per heavy atom. The number of alkyl carbamates (subject to hydrolysis) is 1. The van der Waals surface area contributed by atoms with Gasteiger partial charge in [0.1, 0.15) is 11.5 Å². The molecule has 0 aliphatic carbocycles. The van der Waals surface area contributed by atoms with Crippen LogP contribution in [0.1, 0.15) is 38.3 Å². The molecule has 0 saturated carbocycles. The number of para-hydroxylation sites is 2. The second-order valence-electron chi connectivity index (χ2n) is 11.5. The molecule has 0 radical (unpaired) electrons. The number of anilines is 4. The third-order valence-electron chi connectivity index (χ3n) is 6.72. The van der Waals surface area contributed by atoms with Crippen LogP contribution in [0.3, 0.4) is 0 Å². The normalized spacial score (nSPS) is 15.2. The van der Waals surface area contributed by atoms with Gasteiger partial charge in [-0.1, -0.05) is 36.4 Å². The molecule has 3 amide bonds. The summed E-state index contributed by atoms with van der Waals surface area (Å²) in [5.74, 6) is -3.29. The first-order chi connectivity index (χ1) is 21.1. The van der Waals surface area contributed by atoms with Gasteiger partial charge in [0.15, 0.2) is 0 Å². The minimum absolute atomic E-state index is 0.0447. The Labute approximate surface area is 262 Å². The lowest BCUT2D eigenvalue weighted by molar-refractivity contribution is -0.146. The average molecular weight is 637 g/mol. The van der Waals surface area contributed by atoms with Gasteiger partial charge < -0.3 is 19.7 Å². The number of benzene rings is 3. The highest BCUT2D eigenvalue weighted by atomic mass is 32.2. The van der Waals surface area contributed by atoms with Crippen molar-refractivity contribution >= 4 is 56.6 Å². The summed E-state index contributed by atoms with van der Waals surface area (Å²) in [6.45, 7) is 5.54. The number of esters is 1. The Bertz CT molecular complexity index is 1680. The largest absolute Gasteiger partial charge is 0.469 e. The van der Waals surface area contributed by atoms with E-state index < -0.39 is 51.8 Å². The van der Waals surface area contributed by atoms with Crippen molar-refractivity contribution in [1.29, 1.82) is 0 Å². The zero-order chi connectivity index (χ0) is 32.9. The molecule has 3 aromatic carbocycles. The van der Waals surface area contributed by atoms with Gasteiger partial charge in [0, 0.05) is 17.9 Å². The summed E-state index contributed by atoms with van der Waals surface area (Å²) in [6.07, 6.45) is 0.0187. The minimum Gasteiger partial charge on any atom is -0.469 e. The van der Waals surface area contributed by atoms with E-state index >= 15 is 0 Å². The van der Waals surface area contributed by atoms with Crippen molar-refractivity contribution in [2.75, 3.05) is 27.9 Å². The van der Waals surface area contributed by atoms with Gasteiger partial charge in [0.2, 0.25) is 21.8 Å². The fourth-order valence-corrected chi connectivity index (χ4v) is 5.31. The highest BCUT2D eigenvalue weighted by Crippen LogP contribution is 2.40. The van der Waals surface area contributed by atoms with Crippen molar-refractivity contribution in [3.05, 3.63) is 83.9 Å². The SMILES string of the molecule is COC(=O)CC1C(=O)N(Cc2ccc(NS(C)(=O)=O)cc2)c2ccccc2N(c2ccc(CNC(=O)OC(C)(C)C)cc2)C1=O. The molecule has 1 aliphatic rings. The zero-order valence-corrected chi connectivity index (χ0v) is 26.5. The molecule has 12 nitrogen and oxygen atoms in total. The molecule has 238 valence electrons. The van der Waals surface area contributed by atoms with Gasteiger partial charge in [0.25, 0.3) is 0 Å². The molecular weight excluding hydrogens is 600 g/mol. The van der Waals surface area contributed by atoms with Gasteiger partial charge in [-0.3, -0.25) is 24.0 Å². The van der Waals surface area contributed by atoms with E-state index in [4.69, 9.17) is 9.47 Å². The minimum atomic E-state index is -3.47. The summed E-state index contributed by atoms with van der Waals surface area (Å²) in [5, 5.41) is 2.70. The number of carbonyl (C=O) groups excluding carboxylic acids is 4. The molecule has 45 heavy (non-hydrogen) atoms. The third-order valence-corrected chi connectivity index (χ3v) is 7.33. The smallest absolute Gasteiger partial charge is 0.407 e. The Hall–Kier alpha value is -4.91. The second kappa shape index (κ2) is 13.4. The van der Waals surface area contributed by atoms with Gasteiger partial charge in [-0.15, -0.1) is 0 Å². The van der Waals surface area contributed by atoms with Crippen LogP contribution in [0, 0.1) is 5.92 Å². The highest BCUT2D eigenvalue weighted by Gasteiger charge is 2.42. The van der Waals surface area contributed by atoms with Gasteiger partial charge in [-0.05, 0) is 68.3 Å². The lowest BCUT2D eigenvalue weighted by atomic mass is 10.0. The molecule has 3 aromatic rings. The number of hydrogen-bond donors (Lipinski definition) is 2. The summed E-state index contributed by atoms with van der Waals surface area (Å²) in [4.78, 5) is 55.5. The summed E-state index contributed by atoms with van der Waals surface area (Å²) in [6, 6.07) is 20.3. The molecular formula is C32H36N4O8S. The fraction of sp³-hybridized carbons (Fsp3) is 0.312. The van der Waals surface area contributed by atoms with Crippen molar-refractivity contribution in [3.8, 4) is 0 Å². The van der Waals surface area contributed by atoms with E-state index in [2.05, 4.69) is 10.0 Å². The molecule has 0 bridgehead atoms. The molecule has 1 atom stereocenters. The van der Waals surface area contributed by atoms with Gasteiger partial charge in [-0.25, -0.2) is 13.2 Å². The zero-order valence-electron chi connectivity index (χ0n) is 25.7. The lowest BCUT2D eigenvalue weighted by Crippen LogP contribution is -2.41. The molecule has 0 spiro atoms. The van der Waals surface area contributed by atoms with E-state index in [-0.39, 0.29) is 13.1 Å². The van der Waals surface area contributed by atoms with E-state index in [9.17, 15) is 27.6 Å². The number of nitrogens with zero attached hydrogens (tertiary/aromatic N) is 2. The number of carbonyl (C=O) groups is 4. The maximum Gasteiger partial charge on any atom is 0.407 e. The van der Waals surface area contributed by atoms with Crippen molar-refractivity contribution in [3.63, 3.8) is 0 Å². The average Bonchev–Trinajstić information content (AvgIpc) is 3.04. The molecule has 4 rings (SSSR count). The topological polar surface area (TPSA) is 151 Å². The van der Waals surface area contributed by atoms with Crippen LogP contribution in [0.25, 0.3) is 0 Å². The number of ether oxygens (including phenoxy) is 2. The van der Waals surface area contributed by atoms with Crippen molar-refractivity contribution in [2.45, 2.75) is 45.9 Å². The summed E-state index contributed by atoms with van der Waals surface area (Å²) in [7, 11) is -2.28. The molecule has 1 heterocycles. The van der Waals surface area contributed by atoms with Crippen molar-refractivity contribution < 1.29 is 37.1 Å². The van der Waals surface area contributed by atoms with E-state index in [1.54, 1.807) is 93.6 Å². The number of hydrogen-bond acceptors (Lipinski definition) is 8. The van der Waals surface area contributed by atoms with Gasteiger partial charge in [0.05, 0.1) is 37.7 Å². The van der Waals surface area contributed by atoms with Crippen LogP contribution in [0.15, 0.2) is 72.8 Å². The van der Waals surface area contributed by atoms with E-state index in [0.29, 0.717) is 28.3 Å². The monoisotopic (exact) mass is 636 g/mol. The Kier molecular flexibility index (Phi) is 9.81. The van der Waals surface area contributed by atoms with Gasteiger partial charge in [-0.2, -0.15) is 0 Å². The molecule has 13 heteroatoms. The first kappa shape index (κ1) is 33.0. The standard InChI is InChI=1S/C32H36N4O8S/c1-32(2,3)44-31(40)33-19-21-12-16-24(17-13-21)36-27-9-7-6-8-26(27)35(29(38)25(30(36)39)18-28(37)43-4)20-22-10-14-23(15-11-22)34-45(5,41)42/h6-17,25,34H,18-20H2,1-5H3,(H,33,40). The van der Waals surface area contributed by atoms with Crippen molar-refractivity contribution in [2.24, 2.45) is 5.92 Å². The highest BCUT2D eigenvalue weighted by molar-refractivity contribution is 7.92. The van der Waals surface area contributed by atoms with E-state index in [1.807, 2.05) is 0 Å². The Balaban J connectivity index is 1.69. The first-order valence-corrected chi connectivity index (χ1v) is 16.0. The fourth-order valence-electron chi connectivity index (χ4n) is 4.75. The Morgan fingerprint density at radius 2 is 1.47 bits per heavy atom. The summed E-state index contributed by atoms with van der Waals surface area (Å²) < 4.78 is 35.7. The van der Waals surface area contributed by atoms with Gasteiger partial charge >= 0.3 is 12.1 Å². The number of fused-ring (bicyclic) bond motifs is 1. The lowest BCUT2D eigenvalue weighted by Gasteiger charge is -2.26. The molecule has 1 aliphatic heterocycles. The van der Waals surface area contributed by atoms with Crippen LogP contribution in [0.5, 0.6) is 0 Å². The number of sulfonamides is 1.